The monoisotopic (exact) mass is 254 g/mol. The van der Waals surface area contributed by atoms with Gasteiger partial charge in [-0.05, 0) is 6.07 Å². The molecular weight excluding hydrogens is 240 g/mol. The van der Waals surface area contributed by atoms with E-state index in [2.05, 4.69) is 5.16 Å². The van der Waals surface area contributed by atoms with E-state index in [-0.39, 0.29) is 23.7 Å². The number of nitrogens with zero attached hydrogens (tertiary/aromatic N) is 3. The zero-order chi connectivity index (χ0) is 13.7. The molecule has 8 nitrogen and oxygen atoms in total. The molecular formula is C10H14N4O4. The van der Waals surface area contributed by atoms with Crippen LogP contribution in [0.15, 0.2) is 23.4 Å². The number of non-ortho nitro benzene ring substituents is 1. The molecule has 0 saturated heterocycles. The van der Waals surface area contributed by atoms with Gasteiger partial charge < -0.3 is 20.9 Å². The SMILES string of the molecule is CN(CCO)c1ccc([N+](=O)[O-])cc1/C(N)=N/O. The molecule has 0 atom stereocenters. The van der Waals surface area contributed by atoms with Gasteiger partial charge in [0, 0.05) is 31.4 Å². The number of likely N-dealkylation sites (N-methyl/N-ethyl adjacent to an activating group) is 1. The summed E-state index contributed by atoms with van der Waals surface area (Å²) in [4.78, 5) is 11.8. The van der Waals surface area contributed by atoms with Crippen molar-refractivity contribution in [3.8, 4) is 0 Å². The summed E-state index contributed by atoms with van der Waals surface area (Å²) in [6.07, 6.45) is 0. The Balaban J connectivity index is 3.29. The highest BCUT2D eigenvalue weighted by molar-refractivity contribution is 6.02. The van der Waals surface area contributed by atoms with Crippen molar-refractivity contribution < 1.29 is 15.2 Å². The number of benzene rings is 1. The van der Waals surface area contributed by atoms with Gasteiger partial charge in [0.05, 0.1) is 17.1 Å². The fourth-order valence-electron chi connectivity index (χ4n) is 1.50. The van der Waals surface area contributed by atoms with Crippen LogP contribution >= 0.6 is 0 Å². The van der Waals surface area contributed by atoms with Gasteiger partial charge in [-0.15, -0.1) is 0 Å². The molecule has 0 aliphatic rings. The van der Waals surface area contributed by atoms with E-state index in [1.54, 1.807) is 11.9 Å². The number of hydrogen-bond donors (Lipinski definition) is 3. The van der Waals surface area contributed by atoms with Gasteiger partial charge in [-0.1, -0.05) is 5.16 Å². The number of amidine groups is 1. The Kier molecular flexibility index (Phi) is 4.44. The Morgan fingerprint density at radius 2 is 2.28 bits per heavy atom. The highest BCUT2D eigenvalue weighted by atomic mass is 16.6. The predicted molar refractivity (Wildman–Crippen MR) is 66.0 cm³/mol. The minimum absolute atomic E-state index is 0.0803. The summed E-state index contributed by atoms with van der Waals surface area (Å²) < 4.78 is 0. The maximum Gasteiger partial charge on any atom is 0.270 e. The minimum atomic E-state index is -0.565. The summed E-state index contributed by atoms with van der Waals surface area (Å²) in [5, 5.41) is 31.1. The van der Waals surface area contributed by atoms with Crippen LogP contribution in [0.2, 0.25) is 0 Å². The van der Waals surface area contributed by atoms with E-state index in [0.29, 0.717) is 12.2 Å². The molecule has 98 valence electrons. The van der Waals surface area contributed by atoms with Gasteiger partial charge in [0.1, 0.15) is 0 Å². The molecule has 1 aromatic carbocycles. The number of aliphatic hydroxyl groups excluding tert-OH is 1. The summed E-state index contributed by atoms with van der Waals surface area (Å²) in [7, 11) is 1.69. The zero-order valence-electron chi connectivity index (χ0n) is 9.78. The Morgan fingerprint density at radius 1 is 1.61 bits per heavy atom. The number of oxime groups is 1. The third-order valence-corrected chi connectivity index (χ3v) is 2.42. The van der Waals surface area contributed by atoms with Crippen molar-refractivity contribution in [1.29, 1.82) is 0 Å². The maximum absolute atomic E-state index is 10.7. The molecule has 0 fully saturated rings. The van der Waals surface area contributed by atoms with Gasteiger partial charge in [-0.3, -0.25) is 10.1 Å². The van der Waals surface area contributed by atoms with Crippen LogP contribution in [-0.4, -0.2) is 41.3 Å². The molecule has 0 bridgehead atoms. The second-order valence-electron chi connectivity index (χ2n) is 3.59. The molecule has 0 amide bonds. The lowest BCUT2D eigenvalue weighted by Crippen LogP contribution is -2.25. The first-order chi connectivity index (χ1) is 8.51. The molecule has 0 aromatic heterocycles. The average Bonchev–Trinajstić information content (AvgIpc) is 2.37. The van der Waals surface area contributed by atoms with E-state index < -0.39 is 4.92 Å². The highest BCUT2D eigenvalue weighted by Gasteiger charge is 2.16. The molecule has 18 heavy (non-hydrogen) atoms. The van der Waals surface area contributed by atoms with E-state index in [1.807, 2.05) is 0 Å². The van der Waals surface area contributed by atoms with Crippen LogP contribution < -0.4 is 10.6 Å². The predicted octanol–water partition coefficient (Wildman–Crippen LogP) is 0.118. The molecule has 0 saturated carbocycles. The lowest BCUT2D eigenvalue weighted by molar-refractivity contribution is -0.384. The summed E-state index contributed by atoms with van der Waals surface area (Å²) in [5.41, 5.74) is 6.10. The number of nitrogens with two attached hydrogens (primary N) is 1. The van der Waals surface area contributed by atoms with E-state index >= 15 is 0 Å². The molecule has 0 aliphatic heterocycles. The van der Waals surface area contributed by atoms with Crippen LogP contribution in [0.25, 0.3) is 0 Å². The van der Waals surface area contributed by atoms with Crippen LogP contribution in [0.4, 0.5) is 11.4 Å². The third kappa shape index (κ3) is 2.86. The van der Waals surface area contributed by atoms with E-state index in [4.69, 9.17) is 16.0 Å². The number of hydrogen-bond acceptors (Lipinski definition) is 6. The second kappa shape index (κ2) is 5.82. The van der Waals surface area contributed by atoms with Crippen molar-refractivity contribution in [2.45, 2.75) is 0 Å². The number of nitro benzene ring substituents is 1. The van der Waals surface area contributed by atoms with Crippen LogP contribution in [0, 0.1) is 10.1 Å². The van der Waals surface area contributed by atoms with Crippen molar-refractivity contribution in [1.82, 2.24) is 0 Å². The van der Waals surface area contributed by atoms with Crippen LogP contribution in [0.1, 0.15) is 5.56 Å². The van der Waals surface area contributed by atoms with Crippen LogP contribution in [0.3, 0.4) is 0 Å². The number of nitro groups is 1. The first kappa shape index (κ1) is 13.7. The Bertz CT molecular complexity index is 475. The summed E-state index contributed by atoms with van der Waals surface area (Å²) >= 11 is 0. The first-order valence-corrected chi connectivity index (χ1v) is 5.09. The van der Waals surface area contributed by atoms with E-state index in [1.165, 1.54) is 18.2 Å². The van der Waals surface area contributed by atoms with E-state index in [0.717, 1.165) is 0 Å². The van der Waals surface area contributed by atoms with Crippen molar-refractivity contribution in [2.24, 2.45) is 10.9 Å². The Hall–Kier alpha value is -2.35. The summed E-state index contributed by atoms with van der Waals surface area (Å²) in [6, 6.07) is 4.02. The van der Waals surface area contributed by atoms with Gasteiger partial charge >= 0.3 is 0 Å². The van der Waals surface area contributed by atoms with Gasteiger partial charge in [-0.25, -0.2) is 0 Å². The number of aliphatic hydroxyl groups is 1. The van der Waals surface area contributed by atoms with Gasteiger partial charge in [-0.2, -0.15) is 0 Å². The lowest BCUT2D eigenvalue weighted by Gasteiger charge is -2.20. The largest absolute Gasteiger partial charge is 0.409 e. The first-order valence-electron chi connectivity index (χ1n) is 5.09. The molecule has 0 heterocycles. The Morgan fingerprint density at radius 3 is 2.78 bits per heavy atom. The molecule has 8 heteroatoms. The average molecular weight is 254 g/mol. The van der Waals surface area contributed by atoms with Crippen molar-refractivity contribution in [3.05, 3.63) is 33.9 Å². The van der Waals surface area contributed by atoms with Crippen LogP contribution in [0.5, 0.6) is 0 Å². The zero-order valence-corrected chi connectivity index (χ0v) is 9.78. The van der Waals surface area contributed by atoms with E-state index in [9.17, 15) is 10.1 Å². The Labute approximate surface area is 103 Å². The number of anilines is 1. The molecule has 1 rings (SSSR count). The van der Waals surface area contributed by atoms with Crippen molar-refractivity contribution in [2.75, 3.05) is 25.1 Å². The molecule has 0 radical (unpaired) electrons. The van der Waals surface area contributed by atoms with Gasteiger partial charge in [0.2, 0.25) is 0 Å². The third-order valence-electron chi connectivity index (χ3n) is 2.42. The second-order valence-corrected chi connectivity index (χ2v) is 3.59. The highest BCUT2D eigenvalue weighted by Crippen LogP contribution is 2.24. The smallest absolute Gasteiger partial charge is 0.270 e. The molecule has 1 aromatic rings. The fourth-order valence-corrected chi connectivity index (χ4v) is 1.50. The minimum Gasteiger partial charge on any atom is -0.409 e. The molecule has 0 aliphatic carbocycles. The quantitative estimate of drug-likeness (QED) is 0.225. The van der Waals surface area contributed by atoms with Crippen molar-refractivity contribution in [3.63, 3.8) is 0 Å². The van der Waals surface area contributed by atoms with Gasteiger partial charge in [0.15, 0.2) is 5.84 Å². The standard InChI is InChI=1S/C10H14N4O4/c1-13(4-5-15)9-3-2-7(14(17)18)6-8(9)10(11)12-16/h2-3,6,15-16H,4-5H2,1H3,(H2,11,12). The molecule has 0 unspecified atom stereocenters. The number of rotatable bonds is 5. The molecule has 0 spiro atoms. The summed E-state index contributed by atoms with van der Waals surface area (Å²) in [6.45, 7) is 0.243. The molecule has 4 N–H and O–H groups in total. The summed E-state index contributed by atoms with van der Waals surface area (Å²) in [5.74, 6) is -0.224. The van der Waals surface area contributed by atoms with Crippen molar-refractivity contribution >= 4 is 17.2 Å². The van der Waals surface area contributed by atoms with Gasteiger partial charge in [0.25, 0.3) is 5.69 Å². The fraction of sp³-hybridized carbons (Fsp3) is 0.300. The lowest BCUT2D eigenvalue weighted by atomic mass is 10.1. The van der Waals surface area contributed by atoms with Crippen LogP contribution in [-0.2, 0) is 0 Å². The maximum atomic E-state index is 10.7. The topological polar surface area (TPSA) is 125 Å². The normalized spacial score (nSPS) is 11.3.